The van der Waals surface area contributed by atoms with Gasteiger partial charge >= 0.3 is 0 Å². The lowest BCUT2D eigenvalue weighted by Gasteiger charge is -2.34. The minimum Gasteiger partial charge on any atom is -0.289 e. The fraction of sp³-hybridized carbons (Fsp3) is 0.581. The van der Waals surface area contributed by atoms with Crippen LogP contribution >= 0.6 is 0 Å². The minimum atomic E-state index is -0.133. The second-order valence-corrected chi connectivity index (χ2v) is 13.8. The van der Waals surface area contributed by atoms with E-state index in [4.69, 9.17) is 0 Å². The van der Waals surface area contributed by atoms with Crippen LogP contribution in [0.5, 0.6) is 0 Å². The average molecular weight is 435 g/mol. The molecule has 0 aliphatic rings. The van der Waals surface area contributed by atoms with Gasteiger partial charge in [-0.3, -0.25) is 4.79 Å². The smallest absolute Gasteiger partial charge is 0.194 e. The summed E-state index contributed by atoms with van der Waals surface area (Å²) in [6.45, 7) is 30.9. The van der Waals surface area contributed by atoms with Crippen molar-refractivity contribution >= 4 is 5.78 Å². The molecule has 2 rings (SSSR count). The first kappa shape index (κ1) is 26.4. The van der Waals surface area contributed by atoms with E-state index < -0.39 is 0 Å². The number of carbonyl (C=O) groups is 1. The van der Waals surface area contributed by atoms with Crippen molar-refractivity contribution in [2.45, 2.75) is 119 Å². The molecular weight excluding hydrogens is 388 g/mol. The van der Waals surface area contributed by atoms with E-state index in [9.17, 15) is 4.79 Å². The maximum absolute atomic E-state index is 14.7. The van der Waals surface area contributed by atoms with Crippen molar-refractivity contribution in [2.24, 2.45) is 0 Å². The summed E-state index contributed by atoms with van der Waals surface area (Å²) in [4.78, 5) is 14.7. The fourth-order valence-corrected chi connectivity index (χ4v) is 4.55. The summed E-state index contributed by atoms with van der Waals surface area (Å²) in [7, 11) is 0. The van der Waals surface area contributed by atoms with Crippen LogP contribution in [0.25, 0.3) is 0 Å². The highest BCUT2D eigenvalue weighted by molar-refractivity contribution is 6.13. The molecular formula is C31H46O. The standard InChI is InChI=1S/C31H46O/c1-19-15-21(28(3,4)5)25(22(16-19)29(6,7)8)27(32)26-23(30(9,10)11)17-20(2)18-24(26)31(12,13)14/h15-18H,1-14H3. The highest BCUT2D eigenvalue weighted by atomic mass is 16.1. The molecule has 32 heavy (non-hydrogen) atoms. The average Bonchev–Trinajstić information content (AvgIpc) is 2.56. The zero-order valence-electron chi connectivity index (χ0n) is 23.2. The second-order valence-electron chi connectivity index (χ2n) is 13.8. The number of aryl methyl sites for hydroxylation is 2. The topological polar surface area (TPSA) is 17.1 Å². The van der Waals surface area contributed by atoms with Gasteiger partial charge in [0.1, 0.15) is 0 Å². The zero-order chi connectivity index (χ0) is 25.0. The Labute approximate surface area is 198 Å². The third-order valence-corrected chi connectivity index (χ3v) is 6.25. The molecule has 0 unspecified atom stereocenters. The molecule has 1 nitrogen and oxygen atoms in total. The molecule has 0 fully saturated rings. The van der Waals surface area contributed by atoms with Gasteiger partial charge in [-0.1, -0.05) is 118 Å². The van der Waals surface area contributed by atoms with Gasteiger partial charge in [0.2, 0.25) is 0 Å². The van der Waals surface area contributed by atoms with Crippen LogP contribution in [0.1, 0.15) is 132 Å². The number of hydrogen-bond donors (Lipinski definition) is 0. The van der Waals surface area contributed by atoms with Gasteiger partial charge in [-0.2, -0.15) is 0 Å². The molecule has 0 aromatic heterocycles. The summed E-state index contributed by atoms with van der Waals surface area (Å²) in [6, 6.07) is 8.91. The quantitative estimate of drug-likeness (QED) is 0.432. The summed E-state index contributed by atoms with van der Waals surface area (Å²) in [6.07, 6.45) is 0. The molecule has 0 aliphatic carbocycles. The van der Waals surface area contributed by atoms with E-state index in [1.165, 1.54) is 11.1 Å². The molecule has 0 spiro atoms. The molecule has 176 valence electrons. The minimum absolute atomic E-state index is 0.133. The molecule has 2 aromatic rings. The number of benzene rings is 2. The third kappa shape index (κ3) is 5.36. The largest absolute Gasteiger partial charge is 0.289 e. The molecule has 0 radical (unpaired) electrons. The monoisotopic (exact) mass is 434 g/mol. The molecule has 0 atom stereocenters. The highest BCUT2D eigenvalue weighted by Gasteiger charge is 2.35. The van der Waals surface area contributed by atoms with Gasteiger partial charge in [0.15, 0.2) is 5.78 Å². The first-order valence-electron chi connectivity index (χ1n) is 12.0. The lowest BCUT2D eigenvalue weighted by atomic mass is 9.69. The normalized spacial score (nSPS) is 13.4. The van der Waals surface area contributed by atoms with E-state index in [0.717, 1.165) is 33.4 Å². The predicted octanol–water partition coefficient (Wildman–Crippen LogP) is 8.72. The van der Waals surface area contributed by atoms with Gasteiger partial charge in [0.25, 0.3) is 0 Å². The van der Waals surface area contributed by atoms with E-state index in [-0.39, 0.29) is 27.4 Å². The van der Waals surface area contributed by atoms with E-state index in [2.05, 4.69) is 121 Å². The molecule has 0 saturated carbocycles. The second kappa shape index (κ2) is 8.15. The Hall–Kier alpha value is -1.89. The highest BCUT2D eigenvalue weighted by Crippen LogP contribution is 2.41. The third-order valence-electron chi connectivity index (χ3n) is 6.25. The van der Waals surface area contributed by atoms with E-state index in [1.807, 2.05) is 0 Å². The molecule has 0 aliphatic heterocycles. The van der Waals surface area contributed by atoms with Crippen molar-refractivity contribution < 1.29 is 4.79 Å². The van der Waals surface area contributed by atoms with Crippen molar-refractivity contribution in [3.8, 4) is 0 Å². The molecule has 0 saturated heterocycles. The Morgan fingerprint density at radius 2 is 0.656 bits per heavy atom. The van der Waals surface area contributed by atoms with Crippen LogP contribution in [0.4, 0.5) is 0 Å². The maximum atomic E-state index is 14.7. The number of rotatable bonds is 2. The summed E-state index contributed by atoms with van der Waals surface area (Å²) >= 11 is 0. The Morgan fingerprint density at radius 1 is 0.469 bits per heavy atom. The van der Waals surface area contributed by atoms with E-state index >= 15 is 0 Å². The van der Waals surface area contributed by atoms with Crippen LogP contribution in [0, 0.1) is 13.8 Å². The van der Waals surface area contributed by atoms with Crippen molar-refractivity contribution in [2.75, 3.05) is 0 Å². The van der Waals surface area contributed by atoms with Gasteiger partial charge in [0.05, 0.1) is 0 Å². The Bertz CT molecular complexity index is 869. The number of hydrogen-bond acceptors (Lipinski definition) is 1. The molecule has 2 aromatic carbocycles. The van der Waals surface area contributed by atoms with Crippen molar-refractivity contribution in [3.05, 3.63) is 68.8 Å². The fourth-order valence-electron chi connectivity index (χ4n) is 4.55. The van der Waals surface area contributed by atoms with Crippen LogP contribution in [0.2, 0.25) is 0 Å². The zero-order valence-corrected chi connectivity index (χ0v) is 23.2. The lowest BCUT2D eigenvalue weighted by molar-refractivity contribution is 0.103. The maximum Gasteiger partial charge on any atom is 0.194 e. The number of ketones is 1. The van der Waals surface area contributed by atoms with Crippen LogP contribution in [-0.4, -0.2) is 5.78 Å². The number of carbonyl (C=O) groups excluding carboxylic acids is 1. The van der Waals surface area contributed by atoms with Crippen molar-refractivity contribution in [1.82, 2.24) is 0 Å². The molecule has 0 heterocycles. The Morgan fingerprint density at radius 3 is 0.812 bits per heavy atom. The predicted molar refractivity (Wildman–Crippen MR) is 141 cm³/mol. The van der Waals surface area contributed by atoms with Crippen molar-refractivity contribution in [3.63, 3.8) is 0 Å². The van der Waals surface area contributed by atoms with Crippen molar-refractivity contribution in [1.29, 1.82) is 0 Å². The van der Waals surface area contributed by atoms with Gasteiger partial charge in [-0.15, -0.1) is 0 Å². The van der Waals surface area contributed by atoms with Gasteiger partial charge in [-0.05, 0) is 57.8 Å². The van der Waals surface area contributed by atoms with E-state index in [0.29, 0.717) is 0 Å². The lowest BCUT2D eigenvalue weighted by Crippen LogP contribution is -2.29. The Balaban J connectivity index is 3.11. The van der Waals surface area contributed by atoms with Crippen LogP contribution in [-0.2, 0) is 21.7 Å². The molecule has 0 bridgehead atoms. The molecule has 0 amide bonds. The van der Waals surface area contributed by atoms with Gasteiger partial charge < -0.3 is 0 Å². The van der Waals surface area contributed by atoms with E-state index in [1.54, 1.807) is 0 Å². The first-order chi connectivity index (χ1) is 14.2. The summed E-state index contributed by atoms with van der Waals surface area (Å²) in [5, 5.41) is 0. The Kier molecular flexibility index (Phi) is 6.72. The molecule has 1 heteroatoms. The van der Waals surface area contributed by atoms with Gasteiger partial charge in [0, 0.05) is 11.1 Å². The first-order valence-corrected chi connectivity index (χ1v) is 12.0. The summed E-state index contributed by atoms with van der Waals surface area (Å²) in [5.74, 6) is 0.176. The van der Waals surface area contributed by atoms with Crippen LogP contribution in [0.15, 0.2) is 24.3 Å². The molecule has 0 N–H and O–H groups in total. The summed E-state index contributed by atoms with van der Waals surface area (Å²) in [5.41, 5.74) is 8.28. The van der Waals surface area contributed by atoms with Gasteiger partial charge in [-0.25, -0.2) is 0 Å². The van der Waals surface area contributed by atoms with Crippen LogP contribution < -0.4 is 0 Å². The SMILES string of the molecule is Cc1cc(C(C)(C)C)c(C(=O)c2c(C(C)(C)C)cc(C)cc2C(C)(C)C)c(C(C)(C)C)c1. The van der Waals surface area contributed by atoms with Crippen LogP contribution in [0.3, 0.4) is 0 Å². The summed E-state index contributed by atoms with van der Waals surface area (Å²) < 4.78 is 0.